The molecule has 0 radical (unpaired) electrons. The largest absolute Gasteiger partial charge is 0.366 e. The second-order valence-corrected chi connectivity index (χ2v) is 5.22. The molecule has 16 heavy (non-hydrogen) atoms. The molecule has 92 valence electrons. The van der Waals surface area contributed by atoms with E-state index in [1.807, 2.05) is 23.8 Å². The third kappa shape index (κ3) is 4.32. The summed E-state index contributed by atoms with van der Waals surface area (Å²) in [5.41, 5.74) is 6.37. The van der Waals surface area contributed by atoms with E-state index >= 15 is 0 Å². The minimum absolute atomic E-state index is 0.0254. The lowest BCUT2D eigenvalue weighted by atomic mass is 10.1. The number of nitrogens with zero attached hydrogens (tertiary/aromatic N) is 2. The van der Waals surface area contributed by atoms with Gasteiger partial charge in [0.1, 0.15) is 11.7 Å². The van der Waals surface area contributed by atoms with Crippen LogP contribution in [0.2, 0.25) is 0 Å². The molecule has 3 N–H and O–H groups in total. The predicted molar refractivity (Wildman–Crippen MR) is 70.6 cm³/mol. The van der Waals surface area contributed by atoms with E-state index in [0.29, 0.717) is 0 Å². The number of hydrogen-bond donors (Lipinski definition) is 3. The van der Waals surface area contributed by atoms with Crippen molar-refractivity contribution < 1.29 is 0 Å². The summed E-state index contributed by atoms with van der Waals surface area (Å²) < 4.78 is 1.82. The summed E-state index contributed by atoms with van der Waals surface area (Å²) >= 11 is 1.55. The fraction of sp³-hybridized carbons (Fsp3) is 0.700. The molecule has 0 aromatic heterocycles. The van der Waals surface area contributed by atoms with E-state index < -0.39 is 0 Å². The molecule has 0 bridgehead atoms. The molecule has 5 nitrogen and oxygen atoms in total. The molecule has 1 aliphatic rings. The molecular weight excluding hydrogens is 222 g/mol. The van der Waals surface area contributed by atoms with Gasteiger partial charge in [-0.25, -0.2) is 0 Å². The van der Waals surface area contributed by atoms with Crippen LogP contribution in [0.15, 0.2) is 16.9 Å². The van der Waals surface area contributed by atoms with Gasteiger partial charge in [-0.1, -0.05) is 4.52 Å². The second kappa shape index (κ2) is 5.45. The summed E-state index contributed by atoms with van der Waals surface area (Å²) in [6.45, 7) is 9.15. The molecule has 1 aliphatic heterocycles. The van der Waals surface area contributed by atoms with Crippen LogP contribution in [-0.2, 0) is 0 Å². The number of nitrogens with one attached hydrogen (secondary N) is 3. The van der Waals surface area contributed by atoms with Gasteiger partial charge < -0.3 is 5.32 Å². The van der Waals surface area contributed by atoms with Gasteiger partial charge in [0.15, 0.2) is 0 Å². The van der Waals surface area contributed by atoms with Crippen LogP contribution >= 0.6 is 11.9 Å². The van der Waals surface area contributed by atoms with Crippen molar-refractivity contribution in [3.8, 4) is 0 Å². The van der Waals surface area contributed by atoms with Crippen molar-refractivity contribution in [3.63, 3.8) is 0 Å². The Balaban J connectivity index is 2.77. The van der Waals surface area contributed by atoms with Crippen molar-refractivity contribution in [1.29, 1.82) is 0 Å². The molecule has 0 aromatic rings. The van der Waals surface area contributed by atoms with Gasteiger partial charge in [0.2, 0.25) is 0 Å². The van der Waals surface area contributed by atoms with Crippen molar-refractivity contribution in [2.24, 2.45) is 4.99 Å². The van der Waals surface area contributed by atoms with E-state index in [2.05, 4.69) is 41.9 Å². The number of rotatable bonds is 3. The Morgan fingerprint density at radius 1 is 1.44 bits per heavy atom. The fourth-order valence-electron chi connectivity index (χ4n) is 1.25. The van der Waals surface area contributed by atoms with Gasteiger partial charge >= 0.3 is 0 Å². The van der Waals surface area contributed by atoms with Crippen LogP contribution in [0.5, 0.6) is 0 Å². The molecule has 0 amide bonds. The third-order valence-electron chi connectivity index (χ3n) is 1.74. The number of hydrogen-bond acceptors (Lipinski definition) is 5. The van der Waals surface area contributed by atoms with Gasteiger partial charge in [-0.15, -0.1) is 0 Å². The highest BCUT2D eigenvalue weighted by atomic mass is 32.2. The first-order chi connectivity index (χ1) is 7.44. The Hall–Kier alpha value is -0.880. The van der Waals surface area contributed by atoms with E-state index in [1.54, 1.807) is 11.9 Å². The monoisotopic (exact) mass is 243 g/mol. The molecule has 0 aromatic carbocycles. The van der Waals surface area contributed by atoms with Crippen LogP contribution in [0.1, 0.15) is 27.7 Å². The summed E-state index contributed by atoms with van der Waals surface area (Å²) in [5, 5.41) is 3.38. The lowest BCUT2D eigenvalue weighted by Crippen LogP contribution is -2.54. The summed E-state index contributed by atoms with van der Waals surface area (Å²) in [4.78, 5) is 4.36. The average Bonchev–Trinajstić information content (AvgIpc) is 2.15. The minimum atomic E-state index is 0.0254. The molecule has 0 spiro atoms. The smallest absolute Gasteiger partial charge is 0.141 e. The van der Waals surface area contributed by atoms with Gasteiger partial charge in [0.05, 0.1) is 0 Å². The summed E-state index contributed by atoms with van der Waals surface area (Å²) in [6, 6.07) is 0. The fourth-order valence-corrected chi connectivity index (χ4v) is 1.63. The van der Waals surface area contributed by atoms with E-state index in [1.165, 1.54) is 0 Å². The number of amidine groups is 1. The molecule has 0 saturated carbocycles. The first-order valence-electron chi connectivity index (χ1n) is 5.36. The molecule has 0 saturated heterocycles. The quantitative estimate of drug-likeness (QED) is 0.651. The minimum Gasteiger partial charge on any atom is -0.366 e. The summed E-state index contributed by atoms with van der Waals surface area (Å²) in [5.74, 6) is 1.81. The van der Waals surface area contributed by atoms with Crippen molar-refractivity contribution in [1.82, 2.24) is 20.7 Å². The van der Waals surface area contributed by atoms with E-state index in [4.69, 9.17) is 0 Å². The summed E-state index contributed by atoms with van der Waals surface area (Å²) in [6.07, 6.45) is 3.96. The Morgan fingerprint density at radius 2 is 2.12 bits per heavy atom. The van der Waals surface area contributed by atoms with Gasteiger partial charge in [-0.2, -0.15) is 0 Å². The van der Waals surface area contributed by atoms with E-state index in [-0.39, 0.29) is 5.54 Å². The van der Waals surface area contributed by atoms with Crippen LogP contribution in [0.4, 0.5) is 0 Å². The maximum atomic E-state index is 4.36. The zero-order chi connectivity index (χ0) is 12.2. The van der Waals surface area contributed by atoms with Crippen LogP contribution in [-0.4, -0.2) is 28.7 Å². The SMILES string of the molecule is CCN=C1C=C(NC(C)(C)C)NN(SC)N1. The third-order valence-corrected chi connectivity index (χ3v) is 2.29. The highest BCUT2D eigenvalue weighted by molar-refractivity contribution is 7.96. The van der Waals surface area contributed by atoms with Gasteiger partial charge in [0.25, 0.3) is 0 Å². The second-order valence-electron chi connectivity index (χ2n) is 4.49. The topological polar surface area (TPSA) is 51.7 Å². The van der Waals surface area contributed by atoms with E-state index in [0.717, 1.165) is 18.2 Å². The zero-order valence-corrected chi connectivity index (χ0v) is 11.4. The maximum absolute atomic E-state index is 4.36. The van der Waals surface area contributed by atoms with Crippen molar-refractivity contribution in [2.75, 3.05) is 12.8 Å². The molecule has 0 atom stereocenters. The molecule has 1 rings (SSSR count). The van der Waals surface area contributed by atoms with E-state index in [9.17, 15) is 0 Å². The Labute approximate surface area is 102 Å². The van der Waals surface area contributed by atoms with Crippen molar-refractivity contribution >= 4 is 17.8 Å². The first kappa shape index (κ1) is 13.2. The number of hydrazine groups is 2. The highest BCUT2D eigenvalue weighted by Gasteiger charge is 2.18. The normalized spacial score (nSPS) is 20.1. The highest BCUT2D eigenvalue weighted by Crippen LogP contribution is 2.08. The Bertz CT molecular complexity index is 292. The molecule has 6 heteroatoms. The standard InChI is InChI=1S/C10H21N5S/c1-6-11-8-7-9(12-10(2,3)4)14-15(13-8)16-5/h7,12,14H,6H2,1-5H3,(H,11,13). The molecular formula is C10H21N5S. The van der Waals surface area contributed by atoms with Crippen LogP contribution in [0.25, 0.3) is 0 Å². The molecule has 0 aliphatic carbocycles. The van der Waals surface area contributed by atoms with Crippen LogP contribution in [0, 0.1) is 0 Å². The average molecular weight is 243 g/mol. The molecule has 0 fully saturated rings. The summed E-state index contributed by atoms with van der Waals surface area (Å²) in [7, 11) is 0. The number of aliphatic imine (C=N–C) groups is 1. The van der Waals surface area contributed by atoms with Gasteiger partial charge in [-0.3, -0.25) is 15.8 Å². The Kier molecular flexibility index (Phi) is 4.49. The van der Waals surface area contributed by atoms with Crippen LogP contribution in [0.3, 0.4) is 0 Å². The molecule has 1 heterocycles. The maximum Gasteiger partial charge on any atom is 0.141 e. The van der Waals surface area contributed by atoms with Gasteiger partial charge in [0, 0.05) is 24.4 Å². The van der Waals surface area contributed by atoms with Crippen molar-refractivity contribution in [3.05, 3.63) is 11.9 Å². The van der Waals surface area contributed by atoms with Gasteiger partial charge in [-0.05, 0) is 39.6 Å². The lowest BCUT2D eigenvalue weighted by Gasteiger charge is -2.33. The molecule has 0 unspecified atom stereocenters. The lowest BCUT2D eigenvalue weighted by molar-refractivity contribution is 0.310. The van der Waals surface area contributed by atoms with Crippen molar-refractivity contribution in [2.45, 2.75) is 33.2 Å². The predicted octanol–water partition coefficient (Wildman–Crippen LogP) is 1.24. The first-order valence-corrected chi connectivity index (χ1v) is 6.54. The van der Waals surface area contributed by atoms with Crippen LogP contribution < -0.4 is 16.2 Å². The zero-order valence-electron chi connectivity index (χ0n) is 10.6. The Morgan fingerprint density at radius 3 is 2.62 bits per heavy atom.